The zero-order chi connectivity index (χ0) is 14.1. The maximum absolute atomic E-state index is 3.48. The second-order valence-electron chi connectivity index (χ2n) is 6.21. The lowest BCUT2D eigenvalue weighted by Gasteiger charge is -2.35. The molecule has 1 aliphatic heterocycles. The van der Waals surface area contributed by atoms with E-state index in [1.54, 1.807) is 0 Å². The molecule has 0 bridgehead atoms. The molecule has 0 aliphatic carbocycles. The topological polar surface area (TPSA) is 20.2 Å². The van der Waals surface area contributed by atoms with Crippen LogP contribution < -0.4 is 5.32 Å². The van der Waals surface area contributed by atoms with Gasteiger partial charge in [0.25, 0.3) is 0 Å². The maximum atomic E-state index is 3.48. The van der Waals surface area contributed by atoms with Crippen LogP contribution in [0.2, 0.25) is 0 Å². The zero-order valence-corrected chi connectivity index (χ0v) is 12.8. The Balaban J connectivity index is 2.05. The van der Waals surface area contributed by atoms with E-state index in [0.29, 0.717) is 6.04 Å². The highest BCUT2D eigenvalue weighted by Gasteiger charge is 2.28. The summed E-state index contributed by atoms with van der Waals surface area (Å²) in [6.07, 6.45) is 4.87. The Morgan fingerprint density at radius 3 is 2.60 bits per heavy atom. The third kappa shape index (κ3) is 2.36. The second kappa shape index (κ2) is 5.58. The molecule has 3 nitrogen and oxygen atoms in total. The molecule has 1 aliphatic rings. The first-order valence-corrected chi connectivity index (χ1v) is 7.59. The highest BCUT2D eigenvalue weighted by atomic mass is 15.1. The van der Waals surface area contributed by atoms with Gasteiger partial charge in [0.15, 0.2) is 0 Å². The third-order valence-corrected chi connectivity index (χ3v) is 4.63. The Morgan fingerprint density at radius 2 is 1.90 bits per heavy atom. The van der Waals surface area contributed by atoms with Gasteiger partial charge in [0, 0.05) is 30.2 Å². The normalized spacial score (nSPS) is 18.8. The molecule has 0 saturated carbocycles. The smallest absolute Gasteiger partial charge is 0.0481 e. The number of benzene rings is 1. The molecule has 1 atom stereocenters. The lowest BCUT2D eigenvalue weighted by Crippen LogP contribution is -2.35. The molecule has 0 amide bonds. The van der Waals surface area contributed by atoms with Crippen LogP contribution in [0.3, 0.4) is 0 Å². The van der Waals surface area contributed by atoms with Crippen LogP contribution in [0.15, 0.2) is 30.5 Å². The number of nitrogens with zero attached hydrogens (tertiary/aromatic N) is 2. The van der Waals surface area contributed by atoms with Gasteiger partial charge in [-0.1, -0.05) is 18.2 Å². The Hall–Kier alpha value is -1.32. The number of aromatic nitrogens is 1. The van der Waals surface area contributed by atoms with Gasteiger partial charge in [0.1, 0.15) is 0 Å². The number of rotatable bonds is 3. The monoisotopic (exact) mass is 271 g/mol. The van der Waals surface area contributed by atoms with Crippen molar-refractivity contribution in [2.45, 2.75) is 18.9 Å². The molecule has 1 aromatic carbocycles. The summed E-state index contributed by atoms with van der Waals surface area (Å²) in [4.78, 5) is 2.40. The number of fused-ring (bicyclic) bond motifs is 1. The predicted molar refractivity (Wildman–Crippen MR) is 84.9 cm³/mol. The Morgan fingerprint density at radius 1 is 1.20 bits per heavy atom. The van der Waals surface area contributed by atoms with Gasteiger partial charge in [-0.15, -0.1) is 0 Å². The van der Waals surface area contributed by atoms with Gasteiger partial charge in [-0.2, -0.15) is 0 Å². The van der Waals surface area contributed by atoms with Crippen LogP contribution >= 0.6 is 0 Å². The van der Waals surface area contributed by atoms with Gasteiger partial charge in [-0.05, 0) is 57.6 Å². The first kappa shape index (κ1) is 13.7. The summed E-state index contributed by atoms with van der Waals surface area (Å²) < 4.78 is 2.27. The van der Waals surface area contributed by atoms with Crippen LogP contribution in [0.25, 0.3) is 10.9 Å². The van der Waals surface area contributed by atoms with Crippen molar-refractivity contribution in [1.29, 1.82) is 0 Å². The lowest BCUT2D eigenvalue weighted by molar-refractivity contribution is 0.179. The number of aryl methyl sites for hydroxylation is 1. The molecule has 0 spiro atoms. The van der Waals surface area contributed by atoms with Crippen molar-refractivity contribution in [3.8, 4) is 0 Å². The minimum absolute atomic E-state index is 0.517. The minimum Gasteiger partial charge on any atom is -0.350 e. The third-order valence-electron chi connectivity index (χ3n) is 4.63. The average molecular weight is 271 g/mol. The standard InChI is InChI=1S/C17H25N3/c1-19(2)17(13-8-10-18-11-9-13)15-12-20(3)16-7-5-4-6-14(15)16/h4-7,12-13,17-18H,8-11H2,1-3H3. The first-order chi connectivity index (χ1) is 9.68. The molecule has 1 fully saturated rings. The minimum atomic E-state index is 0.517. The number of nitrogens with one attached hydrogen (secondary N) is 1. The molecular weight excluding hydrogens is 246 g/mol. The quantitative estimate of drug-likeness (QED) is 0.926. The molecule has 1 N–H and O–H groups in total. The molecule has 20 heavy (non-hydrogen) atoms. The summed E-state index contributed by atoms with van der Waals surface area (Å²) in [6.45, 7) is 2.31. The summed E-state index contributed by atoms with van der Waals surface area (Å²) in [5.74, 6) is 0.747. The van der Waals surface area contributed by atoms with Gasteiger partial charge in [0.05, 0.1) is 0 Å². The second-order valence-corrected chi connectivity index (χ2v) is 6.21. The summed E-state index contributed by atoms with van der Waals surface area (Å²) >= 11 is 0. The van der Waals surface area contributed by atoms with Gasteiger partial charge in [-0.25, -0.2) is 0 Å². The van der Waals surface area contributed by atoms with E-state index in [1.807, 2.05) is 0 Å². The van der Waals surface area contributed by atoms with Crippen molar-refractivity contribution in [2.24, 2.45) is 13.0 Å². The predicted octanol–water partition coefficient (Wildman–Crippen LogP) is 2.78. The molecule has 3 rings (SSSR count). The molecule has 2 heterocycles. The van der Waals surface area contributed by atoms with Crippen molar-refractivity contribution in [2.75, 3.05) is 27.2 Å². The molecule has 0 radical (unpaired) electrons. The number of piperidine rings is 1. The van der Waals surface area contributed by atoms with E-state index < -0.39 is 0 Å². The van der Waals surface area contributed by atoms with Gasteiger partial charge in [0.2, 0.25) is 0 Å². The molecule has 108 valence electrons. The number of hydrogen-bond donors (Lipinski definition) is 1. The van der Waals surface area contributed by atoms with Gasteiger partial charge in [-0.3, -0.25) is 0 Å². The fourth-order valence-corrected chi connectivity index (χ4v) is 3.72. The van der Waals surface area contributed by atoms with Gasteiger partial charge < -0.3 is 14.8 Å². The van der Waals surface area contributed by atoms with E-state index in [1.165, 1.54) is 29.3 Å². The SMILES string of the molecule is CN(C)C(c1cn(C)c2ccccc12)C1CCNCC1. The van der Waals surface area contributed by atoms with E-state index >= 15 is 0 Å². The molecular formula is C17H25N3. The summed E-state index contributed by atoms with van der Waals surface area (Å²) in [6, 6.07) is 9.28. The maximum Gasteiger partial charge on any atom is 0.0481 e. The van der Waals surface area contributed by atoms with Crippen molar-refractivity contribution in [3.05, 3.63) is 36.0 Å². The van der Waals surface area contributed by atoms with E-state index in [2.05, 4.69) is 66.4 Å². The van der Waals surface area contributed by atoms with Crippen LogP contribution in [0.4, 0.5) is 0 Å². The highest BCUT2D eigenvalue weighted by molar-refractivity contribution is 5.84. The molecule has 2 aromatic rings. The number of hydrogen-bond acceptors (Lipinski definition) is 2. The lowest BCUT2D eigenvalue weighted by atomic mass is 9.85. The van der Waals surface area contributed by atoms with Crippen LogP contribution in [-0.2, 0) is 7.05 Å². The Bertz CT molecular complexity index is 579. The Kier molecular flexibility index (Phi) is 3.81. The van der Waals surface area contributed by atoms with E-state index in [-0.39, 0.29) is 0 Å². The molecule has 1 aromatic heterocycles. The van der Waals surface area contributed by atoms with Gasteiger partial charge >= 0.3 is 0 Å². The molecule has 1 unspecified atom stereocenters. The van der Waals surface area contributed by atoms with Crippen molar-refractivity contribution in [1.82, 2.24) is 14.8 Å². The van der Waals surface area contributed by atoms with E-state index in [0.717, 1.165) is 19.0 Å². The summed E-state index contributed by atoms with van der Waals surface area (Å²) in [5.41, 5.74) is 2.82. The summed E-state index contributed by atoms with van der Waals surface area (Å²) in [7, 11) is 6.59. The zero-order valence-electron chi connectivity index (χ0n) is 12.8. The largest absolute Gasteiger partial charge is 0.350 e. The van der Waals surface area contributed by atoms with E-state index in [4.69, 9.17) is 0 Å². The summed E-state index contributed by atoms with van der Waals surface area (Å²) in [5, 5.41) is 4.89. The van der Waals surface area contributed by atoms with Crippen molar-refractivity contribution >= 4 is 10.9 Å². The van der Waals surface area contributed by atoms with Crippen molar-refractivity contribution in [3.63, 3.8) is 0 Å². The molecule has 3 heteroatoms. The average Bonchev–Trinajstić information content (AvgIpc) is 2.78. The first-order valence-electron chi connectivity index (χ1n) is 7.59. The van der Waals surface area contributed by atoms with Crippen LogP contribution in [0.5, 0.6) is 0 Å². The van der Waals surface area contributed by atoms with Crippen molar-refractivity contribution < 1.29 is 0 Å². The molecule has 1 saturated heterocycles. The van der Waals surface area contributed by atoms with Crippen LogP contribution in [0, 0.1) is 5.92 Å². The number of para-hydroxylation sites is 1. The van der Waals surface area contributed by atoms with E-state index in [9.17, 15) is 0 Å². The highest BCUT2D eigenvalue weighted by Crippen LogP contribution is 2.37. The fraction of sp³-hybridized carbons (Fsp3) is 0.529. The van der Waals surface area contributed by atoms with Crippen LogP contribution in [-0.4, -0.2) is 36.7 Å². The fourth-order valence-electron chi connectivity index (χ4n) is 3.72. The Labute approximate surface area is 121 Å². The van der Waals surface area contributed by atoms with Crippen LogP contribution in [0.1, 0.15) is 24.4 Å².